The van der Waals surface area contributed by atoms with Gasteiger partial charge < -0.3 is 15.0 Å². The summed E-state index contributed by atoms with van der Waals surface area (Å²) in [6, 6.07) is 2.38. The molecule has 23 heavy (non-hydrogen) atoms. The number of halogens is 5. The Balaban J connectivity index is 1.97. The van der Waals surface area contributed by atoms with Crippen LogP contribution < -0.4 is 10.1 Å². The molecule has 126 valence electrons. The van der Waals surface area contributed by atoms with Gasteiger partial charge in [0, 0.05) is 18.3 Å². The van der Waals surface area contributed by atoms with E-state index in [4.69, 9.17) is 0 Å². The number of anilines is 1. The van der Waals surface area contributed by atoms with Crippen molar-refractivity contribution in [1.29, 1.82) is 0 Å². The van der Waals surface area contributed by atoms with Crippen molar-refractivity contribution in [1.82, 2.24) is 4.90 Å². The Hall–Kier alpha value is -2.32. The third-order valence-electron chi connectivity index (χ3n) is 2.97. The highest BCUT2D eigenvalue weighted by molar-refractivity contribution is 5.89. The van der Waals surface area contributed by atoms with E-state index in [9.17, 15) is 26.7 Å². The molecular formula is C14H13F5N2O2. The van der Waals surface area contributed by atoms with Crippen LogP contribution in [0.15, 0.2) is 30.1 Å². The lowest BCUT2D eigenvalue weighted by Crippen LogP contribution is -2.38. The number of nitrogens with one attached hydrogen (secondary N) is 1. The van der Waals surface area contributed by atoms with Gasteiger partial charge >= 0.3 is 12.2 Å². The number of nitrogens with zero attached hydrogens (tertiary/aromatic N) is 1. The van der Waals surface area contributed by atoms with E-state index in [0.717, 1.165) is 12.1 Å². The number of benzene rings is 1. The van der Waals surface area contributed by atoms with Crippen molar-refractivity contribution in [3.05, 3.63) is 35.9 Å². The van der Waals surface area contributed by atoms with E-state index in [1.54, 1.807) is 0 Å². The monoisotopic (exact) mass is 336 g/mol. The predicted octanol–water partition coefficient (Wildman–Crippen LogP) is 3.86. The van der Waals surface area contributed by atoms with Gasteiger partial charge in [-0.3, -0.25) is 0 Å². The molecule has 9 heteroatoms. The van der Waals surface area contributed by atoms with Gasteiger partial charge in [0.25, 0.3) is 0 Å². The zero-order chi connectivity index (χ0) is 17.0. The molecule has 0 fully saturated rings. The second kappa shape index (κ2) is 6.84. The van der Waals surface area contributed by atoms with Crippen LogP contribution in [-0.4, -0.2) is 36.8 Å². The quantitative estimate of drug-likeness (QED) is 0.852. The van der Waals surface area contributed by atoms with Gasteiger partial charge in [-0.15, -0.1) is 0 Å². The number of ether oxygens (including phenoxy) is 1. The Morgan fingerprint density at radius 2 is 2.04 bits per heavy atom. The molecule has 0 radical (unpaired) electrons. The van der Waals surface area contributed by atoms with Crippen LogP contribution in [0.3, 0.4) is 0 Å². The maximum atomic E-state index is 13.7. The zero-order valence-corrected chi connectivity index (χ0v) is 11.8. The van der Waals surface area contributed by atoms with Crippen molar-refractivity contribution in [2.45, 2.75) is 12.6 Å². The first-order valence-electron chi connectivity index (χ1n) is 6.64. The molecule has 0 saturated carbocycles. The second-order valence-corrected chi connectivity index (χ2v) is 4.84. The van der Waals surface area contributed by atoms with Crippen molar-refractivity contribution in [2.75, 3.05) is 25.0 Å². The summed E-state index contributed by atoms with van der Waals surface area (Å²) in [4.78, 5) is 13.1. The summed E-state index contributed by atoms with van der Waals surface area (Å²) < 4.78 is 67.1. The van der Waals surface area contributed by atoms with Gasteiger partial charge in [0.15, 0.2) is 18.2 Å². The molecule has 2 rings (SSSR count). The first-order valence-corrected chi connectivity index (χ1v) is 6.64. The molecule has 1 heterocycles. The lowest BCUT2D eigenvalue weighted by atomic mass is 10.2. The van der Waals surface area contributed by atoms with Crippen LogP contribution >= 0.6 is 0 Å². The normalized spacial score (nSPS) is 15.2. The average Bonchev–Trinajstić information content (AvgIpc) is 2.45. The maximum absolute atomic E-state index is 13.7. The van der Waals surface area contributed by atoms with Crippen LogP contribution in [0.2, 0.25) is 0 Å². The molecule has 1 N–H and O–H groups in total. The van der Waals surface area contributed by atoms with Crippen molar-refractivity contribution >= 4 is 11.7 Å². The molecule has 0 atom stereocenters. The van der Waals surface area contributed by atoms with Crippen LogP contribution in [0.5, 0.6) is 5.75 Å². The van der Waals surface area contributed by atoms with Crippen molar-refractivity contribution in [2.24, 2.45) is 0 Å². The summed E-state index contributed by atoms with van der Waals surface area (Å²) in [5.74, 6) is -2.06. The highest BCUT2D eigenvalue weighted by Gasteiger charge is 2.29. The fourth-order valence-electron chi connectivity index (χ4n) is 1.93. The number of rotatable bonds is 3. The Bertz CT molecular complexity index is 616. The molecule has 0 aromatic heterocycles. The first-order chi connectivity index (χ1) is 10.7. The molecule has 2 amide bonds. The molecule has 0 bridgehead atoms. The van der Waals surface area contributed by atoms with Crippen LogP contribution in [0.4, 0.5) is 32.4 Å². The third kappa shape index (κ3) is 5.11. The minimum absolute atomic E-state index is 0.0295. The molecule has 0 saturated heterocycles. The van der Waals surface area contributed by atoms with Crippen molar-refractivity contribution in [3.8, 4) is 5.75 Å². The smallest absolute Gasteiger partial charge is 0.422 e. The minimum atomic E-state index is -4.58. The van der Waals surface area contributed by atoms with Crippen LogP contribution in [0.25, 0.3) is 0 Å². The van der Waals surface area contributed by atoms with E-state index < -0.39 is 36.2 Å². The van der Waals surface area contributed by atoms with E-state index in [2.05, 4.69) is 10.1 Å². The molecule has 1 aromatic carbocycles. The highest BCUT2D eigenvalue weighted by Crippen LogP contribution is 2.24. The Labute approximate surface area is 128 Å². The summed E-state index contributed by atoms with van der Waals surface area (Å²) in [5, 5.41) is 2.35. The van der Waals surface area contributed by atoms with Crippen LogP contribution in [-0.2, 0) is 0 Å². The van der Waals surface area contributed by atoms with Gasteiger partial charge in [0.05, 0.1) is 6.54 Å². The minimum Gasteiger partial charge on any atom is -0.481 e. The van der Waals surface area contributed by atoms with E-state index >= 15 is 0 Å². The standard InChI is InChI=1S/C14H13F5N2O2/c15-9-2-1-5-21(7-9)13(22)20-10-3-4-12(11(16)6-10)23-8-14(17,18)19/h2-4,6H,1,5,7-8H2,(H,20,22). The number of urea groups is 1. The van der Waals surface area contributed by atoms with Gasteiger partial charge in [-0.25, -0.2) is 13.6 Å². The van der Waals surface area contributed by atoms with Crippen LogP contribution in [0.1, 0.15) is 6.42 Å². The summed E-state index contributed by atoms with van der Waals surface area (Å²) in [5.41, 5.74) is 0.0295. The molecule has 4 nitrogen and oxygen atoms in total. The number of carbonyl (C=O) groups is 1. The highest BCUT2D eigenvalue weighted by atomic mass is 19.4. The van der Waals surface area contributed by atoms with Gasteiger partial charge in [0.1, 0.15) is 5.83 Å². The van der Waals surface area contributed by atoms with Gasteiger partial charge in [-0.1, -0.05) is 0 Å². The first kappa shape index (κ1) is 17.0. The molecular weight excluding hydrogens is 323 g/mol. The molecule has 0 unspecified atom stereocenters. The van der Waals surface area contributed by atoms with Crippen LogP contribution in [0, 0.1) is 5.82 Å². The Morgan fingerprint density at radius 1 is 1.30 bits per heavy atom. The van der Waals surface area contributed by atoms with Crippen molar-refractivity contribution in [3.63, 3.8) is 0 Å². The number of carbonyl (C=O) groups excluding carboxylic acids is 1. The summed E-state index contributed by atoms with van der Waals surface area (Å²) in [6.07, 6.45) is -2.83. The van der Waals surface area contributed by atoms with E-state index in [0.29, 0.717) is 13.0 Å². The predicted molar refractivity (Wildman–Crippen MR) is 72.3 cm³/mol. The summed E-state index contributed by atoms with van der Waals surface area (Å²) in [6.45, 7) is -1.48. The molecule has 1 aromatic rings. The van der Waals surface area contributed by atoms with Gasteiger partial charge in [0.2, 0.25) is 0 Å². The maximum Gasteiger partial charge on any atom is 0.422 e. The largest absolute Gasteiger partial charge is 0.481 e. The lowest BCUT2D eigenvalue weighted by molar-refractivity contribution is -0.153. The zero-order valence-electron chi connectivity index (χ0n) is 11.8. The number of hydrogen-bond acceptors (Lipinski definition) is 2. The van der Waals surface area contributed by atoms with E-state index in [1.807, 2.05) is 0 Å². The number of alkyl halides is 3. The Morgan fingerprint density at radius 3 is 2.65 bits per heavy atom. The molecule has 0 aliphatic carbocycles. The summed E-state index contributed by atoms with van der Waals surface area (Å²) in [7, 11) is 0. The summed E-state index contributed by atoms with van der Waals surface area (Å²) >= 11 is 0. The van der Waals surface area contributed by atoms with Gasteiger partial charge in [-0.05, 0) is 24.6 Å². The van der Waals surface area contributed by atoms with Crippen molar-refractivity contribution < 1.29 is 31.5 Å². The van der Waals surface area contributed by atoms with E-state index in [1.165, 1.54) is 17.0 Å². The SMILES string of the molecule is O=C(Nc1ccc(OCC(F)(F)F)c(F)c1)N1CCC=C(F)C1. The molecule has 1 aliphatic rings. The molecule has 0 spiro atoms. The molecule has 1 aliphatic heterocycles. The van der Waals surface area contributed by atoms with Gasteiger partial charge in [-0.2, -0.15) is 13.2 Å². The number of hydrogen-bond donors (Lipinski definition) is 1. The second-order valence-electron chi connectivity index (χ2n) is 4.84. The fourth-order valence-corrected chi connectivity index (χ4v) is 1.93. The Kier molecular flexibility index (Phi) is 5.07. The third-order valence-corrected chi connectivity index (χ3v) is 2.97. The topological polar surface area (TPSA) is 41.6 Å². The fraction of sp³-hybridized carbons (Fsp3) is 0.357. The number of amides is 2. The lowest BCUT2D eigenvalue weighted by Gasteiger charge is -2.24. The van der Waals surface area contributed by atoms with E-state index in [-0.39, 0.29) is 12.2 Å². The average molecular weight is 336 g/mol.